The van der Waals surface area contributed by atoms with Crippen molar-refractivity contribution in [2.45, 2.75) is 274 Å². The number of carbonyl (C=O) groups is 1. The molecule has 1 rings (SSSR count). The van der Waals surface area contributed by atoms with Crippen LogP contribution in [0.1, 0.15) is 219 Å². The lowest BCUT2D eigenvalue weighted by Crippen LogP contribution is -2.60. The largest absolute Gasteiger partial charge is 0.394 e. The highest BCUT2D eigenvalue weighted by Crippen LogP contribution is 2.23. The molecule has 9 atom stereocenters. The van der Waals surface area contributed by atoms with Gasteiger partial charge in [0, 0.05) is 0 Å². The molecule has 1 fully saturated rings. The van der Waals surface area contributed by atoms with Crippen LogP contribution < -0.4 is 5.32 Å². The molecule has 59 heavy (non-hydrogen) atoms. The Morgan fingerprint density at radius 3 is 1.44 bits per heavy atom. The van der Waals surface area contributed by atoms with Crippen molar-refractivity contribution in [2.24, 2.45) is 0 Å². The number of nitrogens with one attached hydrogen (secondary N) is 1. The van der Waals surface area contributed by atoms with Gasteiger partial charge in [-0.3, -0.25) is 4.79 Å². The van der Waals surface area contributed by atoms with Gasteiger partial charge in [-0.25, -0.2) is 0 Å². The normalized spacial score (nSPS) is 21.8. The van der Waals surface area contributed by atoms with E-state index in [-0.39, 0.29) is 6.42 Å². The molecule has 1 amide bonds. The lowest BCUT2D eigenvalue weighted by Gasteiger charge is -2.40. The highest BCUT2D eigenvalue weighted by Gasteiger charge is 2.44. The number of aliphatic hydroxyl groups excluding tert-OH is 7. The fourth-order valence-electron chi connectivity index (χ4n) is 7.96. The number of rotatable bonds is 41. The standard InChI is InChI=1S/C48H93NO10/c1-3-5-7-9-11-13-15-17-18-19-20-21-22-23-24-26-28-30-32-34-36-41(52)47(57)49-39(38-58-48-46(56)45(55)44(54)42(37-50)59-48)43(53)40(51)35-33-31-29-27-25-16-14-12-10-8-6-4-2/h14,16,39-46,48,50-56H,3-13,15,17-38H2,1-2H3,(H,49,57)/b16-14+/t39-,40-,41-,42-,43-,44-,45+,46-,48-/m1/s1. The fourth-order valence-corrected chi connectivity index (χ4v) is 7.96. The van der Waals surface area contributed by atoms with Gasteiger partial charge in [-0.2, -0.15) is 0 Å². The Balaban J connectivity index is 2.38. The number of unbranched alkanes of at least 4 members (excludes halogenated alkanes) is 27. The molecule has 0 saturated carbocycles. The molecular formula is C48H93NO10. The third-order valence-corrected chi connectivity index (χ3v) is 12.1. The maximum atomic E-state index is 13.1. The zero-order chi connectivity index (χ0) is 43.4. The minimum Gasteiger partial charge on any atom is -0.394 e. The van der Waals surface area contributed by atoms with Crippen LogP contribution in [0, 0.1) is 0 Å². The van der Waals surface area contributed by atoms with Gasteiger partial charge in [-0.15, -0.1) is 0 Å². The van der Waals surface area contributed by atoms with Crippen LogP contribution in [0.15, 0.2) is 12.2 Å². The molecule has 11 nitrogen and oxygen atoms in total. The van der Waals surface area contributed by atoms with Crippen LogP contribution in [-0.4, -0.2) is 110 Å². The van der Waals surface area contributed by atoms with Gasteiger partial charge >= 0.3 is 0 Å². The molecule has 0 unspecified atom stereocenters. The first kappa shape index (κ1) is 55.9. The highest BCUT2D eigenvalue weighted by atomic mass is 16.7. The summed E-state index contributed by atoms with van der Waals surface area (Å²) in [6.45, 7) is 3.42. The Kier molecular flexibility index (Phi) is 36.5. The monoisotopic (exact) mass is 844 g/mol. The van der Waals surface area contributed by atoms with Crippen molar-refractivity contribution >= 4 is 5.91 Å². The summed E-state index contributed by atoms with van der Waals surface area (Å²) >= 11 is 0. The second kappa shape index (κ2) is 38.5. The maximum absolute atomic E-state index is 13.1. The average Bonchev–Trinajstić information content (AvgIpc) is 3.23. The van der Waals surface area contributed by atoms with E-state index < -0.39 is 74.2 Å². The van der Waals surface area contributed by atoms with Crippen molar-refractivity contribution in [3.63, 3.8) is 0 Å². The Labute approximate surface area is 360 Å². The lowest BCUT2D eigenvalue weighted by molar-refractivity contribution is -0.303. The van der Waals surface area contributed by atoms with Crippen molar-refractivity contribution in [1.29, 1.82) is 0 Å². The quantitative estimate of drug-likeness (QED) is 0.0219. The van der Waals surface area contributed by atoms with Gasteiger partial charge in [-0.1, -0.05) is 193 Å². The van der Waals surface area contributed by atoms with Gasteiger partial charge in [0.1, 0.15) is 36.6 Å². The van der Waals surface area contributed by atoms with Crippen LogP contribution in [-0.2, 0) is 14.3 Å². The van der Waals surface area contributed by atoms with Crippen molar-refractivity contribution < 1.29 is 50.0 Å². The van der Waals surface area contributed by atoms with Gasteiger partial charge in [0.25, 0.3) is 0 Å². The summed E-state index contributed by atoms with van der Waals surface area (Å²) in [6.07, 6.45) is 29.8. The smallest absolute Gasteiger partial charge is 0.249 e. The number of ether oxygens (including phenoxy) is 2. The first-order valence-corrected chi connectivity index (χ1v) is 24.6. The molecule has 1 saturated heterocycles. The van der Waals surface area contributed by atoms with Crippen LogP contribution in [0.2, 0.25) is 0 Å². The number of carbonyl (C=O) groups excluding carboxylic acids is 1. The Morgan fingerprint density at radius 1 is 0.576 bits per heavy atom. The molecule has 11 heteroatoms. The molecule has 1 aliphatic rings. The van der Waals surface area contributed by atoms with E-state index >= 15 is 0 Å². The maximum Gasteiger partial charge on any atom is 0.249 e. The van der Waals surface area contributed by atoms with Crippen molar-refractivity contribution in [3.05, 3.63) is 12.2 Å². The predicted octanol–water partition coefficient (Wildman–Crippen LogP) is 8.45. The van der Waals surface area contributed by atoms with Crippen molar-refractivity contribution in [1.82, 2.24) is 5.32 Å². The fraction of sp³-hybridized carbons (Fsp3) is 0.938. The van der Waals surface area contributed by atoms with E-state index in [2.05, 4.69) is 31.3 Å². The van der Waals surface area contributed by atoms with Gasteiger partial charge in [0.05, 0.1) is 25.4 Å². The lowest BCUT2D eigenvalue weighted by atomic mass is 9.98. The first-order valence-electron chi connectivity index (χ1n) is 24.6. The predicted molar refractivity (Wildman–Crippen MR) is 238 cm³/mol. The molecule has 0 spiro atoms. The summed E-state index contributed by atoms with van der Waals surface area (Å²) in [5.41, 5.74) is 0. The number of hydrogen-bond donors (Lipinski definition) is 8. The summed E-state index contributed by atoms with van der Waals surface area (Å²) in [7, 11) is 0. The van der Waals surface area contributed by atoms with Crippen molar-refractivity contribution in [2.75, 3.05) is 13.2 Å². The molecule has 0 aliphatic carbocycles. The van der Waals surface area contributed by atoms with E-state index in [0.717, 1.165) is 51.4 Å². The van der Waals surface area contributed by atoms with E-state index in [4.69, 9.17) is 9.47 Å². The summed E-state index contributed by atoms with van der Waals surface area (Å²) in [6, 6.07) is -1.17. The zero-order valence-electron chi connectivity index (χ0n) is 37.7. The molecule has 0 radical (unpaired) electrons. The van der Waals surface area contributed by atoms with E-state index in [1.165, 1.54) is 128 Å². The molecule has 1 aliphatic heterocycles. The summed E-state index contributed by atoms with van der Waals surface area (Å²) in [4.78, 5) is 13.1. The Hall–Kier alpha value is -1.15. The molecule has 350 valence electrons. The zero-order valence-corrected chi connectivity index (χ0v) is 37.7. The van der Waals surface area contributed by atoms with Crippen molar-refractivity contribution in [3.8, 4) is 0 Å². The molecule has 0 aromatic carbocycles. The van der Waals surface area contributed by atoms with Crippen LogP contribution in [0.25, 0.3) is 0 Å². The second-order valence-electron chi connectivity index (χ2n) is 17.5. The number of allylic oxidation sites excluding steroid dienone is 2. The molecule has 8 N–H and O–H groups in total. The average molecular weight is 844 g/mol. The SMILES string of the molecule is CCCCCC/C=C/CCCCCC[C@@H](O)[C@H](O)[C@@H](CO[C@@H]1O[C@H](CO)[C@@H](O)[C@H](O)[C@H]1O)NC(=O)[C@H](O)CCCCCCCCCCCCCCCCCCCCCC. The van der Waals surface area contributed by atoms with Gasteiger partial charge < -0.3 is 50.5 Å². The minimum atomic E-state index is -1.66. The molecule has 0 aromatic rings. The number of amides is 1. The van der Waals surface area contributed by atoms with E-state index in [1.807, 2.05) is 0 Å². The van der Waals surface area contributed by atoms with E-state index in [9.17, 15) is 40.5 Å². The topological polar surface area (TPSA) is 189 Å². The van der Waals surface area contributed by atoms with Crippen LogP contribution in [0.4, 0.5) is 0 Å². The Bertz CT molecular complexity index is 970. The van der Waals surface area contributed by atoms with E-state index in [1.54, 1.807) is 0 Å². The molecular weight excluding hydrogens is 751 g/mol. The molecule has 0 bridgehead atoms. The number of aliphatic hydroxyl groups is 7. The van der Waals surface area contributed by atoms with Gasteiger partial charge in [0.15, 0.2) is 6.29 Å². The van der Waals surface area contributed by atoms with Gasteiger partial charge in [0.2, 0.25) is 5.91 Å². The minimum absolute atomic E-state index is 0.262. The van der Waals surface area contributed by atoms with E-state index in [0.29, 0.717) is 19.3 Å². The molecule has 0 aromatic heterocycles. The highest BCUT2D eigenvalue weighted by molar-refractivity contribution is 5.80. The van der Waals surface area contributed by atoms with Gasteiger partial charge in [-0.05, 0) is 38.5 Å². The van der Waals surface area contributed by atoms with Crippen LogP contribution in [0.3, 0.4) is 0 Å². The summed E-state index contributed by atoms with van der Waals surface area (Å²) < 4.78 is 11.1. The second-order valence-corrected chi connectivity index (χ2v) is 17.5. The third kappa shape index (κ3) is 28.2. The summed E-state index contributed by atoms with van der Waals surface area (Å²) in [5.74, 6) is -0.699. The summed E-state index contributed by atoms with van der Waals surface area (Å²) in [5, 5.41) is 75.7. The Morgan fingerprint density at radius 2 is 0.983 bits per heavy atom. The van der Waals surface area contributed by atoms with Crippen LogP contribution in [0.5, 0.6) is 0 Å². The third-order valence-electron chi connectivity index (χ3n) is 12.1. The number of hydrogen-bond acceptors (Lipinski definition) is 10. The van der Waals surface area contributed by atoms with Crippen LogP contribution >= 0.6 is 0 Å². The molecule has 1 heterocycles. The first-order chi connectivity index (χ1) is 28.7.